The zero-order valence-electron chi connectivity index (χ0n) is 8.76. The van der Waals surface area contributed by atoms with Crippen molar-refractivity contribution in [2.75, 3.05) is 26.2 Å². The Bertz CT molecular complexity index is 245. The van der Waals surface area contributed by atoms with Crippen molar-refractivity contribution in [3.8, 4) is 0 Å². The lowest BCUT2D eigenvalue weighted by molar-refractivity contribution is -0.139. The molecule has 2 N–H and O–H groups in total. The molecule has 1 rings (SSSR count). The molecule has 0 aromatic rings. The fraction of sp³-hybridized carbons (Fsp3) is 0.889. The van der Waals surface area contributed by atoms with Crippen LogP contribution in [0.2, 0.25) is 0 Å². The van der Waals surface area contributed by atoms with Crippen molar-refractivity contribution in [2.24, 2.45) is 0 Å². The van der Waals surface area contributed by atoms with Gasteiger partial charge in [0.1, 0.15) is 6.54 Å². The average molecular weight is 240 g/mol. The number of amides is 1. The van der Waals surface area contributed by atoms with Crippen molar-refractivity contribution in [1.29, 1.82) is 0 Å². The Morgan fingerprint density at radius 1 is 1.50 bits per heavy atom. The molecule has 0 radical (unpaired) electrons. The molecule has 0 unspecified atom stereocenters. The van der Waals surface area contributed by atoms with Crippen LogP contribution in [0.5, 0.6) is 0 Å². The first-order chi connectivity index (χ1) is 7.37. The number of halogens is 3. The summed E-state index contributed by atoms with van der Waals surface area (Å²) in [6.07, 6.45) is -3.42. The Hall–Kier alpha value is -0.820. The molecular formula is C9H15F3N2O2. The first-order valence-electron chi connectivity index (χ1n) is 5.11. The van der Waals surface area contributed by atoms with Crippen LogP contribution in [0.25, 0.3) is 0 Å². The maximum absolute atomic E-state index is 11.8. The van der Waals surface area contributed by atoms with Crippen LogP contribution in [-0.2, 0) is 4.79 Å². The van der Waals surface area contributed by atoms with Crippen molar-refractivity contribution >= 4 is 5.91 Å². The quantitative estimate of drug-likeness (QED) is 0.737. The van der Waals surface area contributed by atoms with Crippen LogP contribution in [-0.4, -0.2) is 54.4 Å². The number of β-amino-alcohol motifs (C(OH)–C–C–N with tert-alkyl or cyclic N) is 1. The number of hydrogen-bond acceptors (Lipinski definition) is 3. The van der Waals surface area contributed by atoms with Crippen molar-refractivity contribution in [1.82, 2.24) is 10.2 Å². The molecule has 7 heteroatoms. The number of carbonyl (C=O) groups excluding carboxylic acids is 1. The number of rotatable bonds is 3. The smallest absolute Gasteiger partial charge is 0.392 e. The predicted octanol–water partition coefficient (Wildman–Crippen LogP) is 0.122. The minimum absolute atomic E-state index is 0.0901. The van der Waals surface area contributed by atoms with Crippen LogP contribution >= 0.6 is 0 Å². The fourth-order valence-corrected chi connectivity index (χ4v) is 1.63. The molecule has 94 valence electrons. The number of hydrogen-bond donors (Lipinski definition) is 2. The molecule has 0 aliphatic carbocycles. The number of aliphatic hydroxyl groups excluding tert-OH is 1. The number of nitrogens with one attached hydrogen (secondary N) is 1. The molecule has 0 aromatic carbocycles. The summed E-state index contributed by atoms with van der Waals surface area (Å²) in [7, 11) is 0. The van der Waals surface area contributed by atoms with Gasteiger partial charge >= 0.3 is 6.18 Å². The second-order valence-electron chi connectivity index (χ2n) is 3.92. The molecule has 0 bridgehead atoms. The van der Waals surface area contributed by atoms with Gasteiger partial charge in [0, 0.05) is 6.54 Å². The normalized spacial score (nSPS) is 23.1. The molecule has 16 heavy (non-hydrogen) atoms. The topological polar surface area (TPSA) is 52.6 Å². The molecule has 1 fully saturated rings. The molecule has 1 aliphatic rings. The Labute approximate surface area is 91.4 Å². The van der Waals surface area contributed by atoms with E-state index in [-0.39, 0.29) is 6.54 Å². The van der Waals surface area contributed by atoms with E-state index < -0.39 is 24.7 Å². The summed E-state index contributed by atoms with van der Waals surface area (Å²) in [5, 5.41) is 11.1. The molecular weight excluding hydrogens is 225 g/mol. The largest absolute Gasteiger partial charge is 0.405 e. The van der Waals surface area contributed by atoms with Gasteiger partial charge < -0.3 is 10.4 Å². The van der Waals surface area contributed by atoms with Crippen LogP contribution in [0.15, 0.2) is 0 Å². The number of aliphatic hydroxyl groups is 1. The van der Waals surface area contributed by atoms with E-state index in [1.54, 1.807) is 10.2 Å². The third kappa shape index (κ3) is 5.32. The second-order valence-corrected chi connectivity index (χ2v) is 3.92. The van der Waals surface area contributed by atoms with Crippen molar-refractivity contribution < 1.29 is 23.1 Å². The lowest BCUT2D eigenvalue weighted by atomic mass is 10.1. The molecule has 1 atom stereocenters. The number of likely N-dealkylation sites (tertiary alicyclic amines) is 1. The Morgan fingerprint density at radius 2 is 2.19 bits per heavy atom. The molecule has 1 amide bonds. The van der Waals surface area contributed by atoms with E-state index in [9.17, 15) is 23.1 Å². The van der Waals surface area contributed by atoms with Crippen molar-refractivity contribution in [3.05, 3.63) is 0 Å². The summed E-state index contributed by atoms with van der Waals surface area (Å²) in [5.74, 6) is -0.661. The highest BCUT2D eigenvalue weighted by molar-refractivity contribution is 5.78. The van der Waals surface area contributed by atoms with E-state index in [1.807, 2.05) is 0 Å². The van der Waals surface area contributed by atoms with Gasteiger partial charge in [-0.2, -0.15) is 13.2 Å². The van der Waals surface area contributed by atoms with Gasteiger partial charge in [-0.3, -0.25) is 9.69 Å². The van der Waals surface area contributed by atoms with Gasteiger partial charge in [0.2, 0.25) is 5.91 Å². The SMILES string of the molecule is O=C(CN1CCC[C@H](O)C1)NCC(F)(F)F. The van der Waals surface area contributed by atoms with Gasteiger partial charge in [-0.15, -0.1) is 0 Å². The highest BCUT2D eigenvalue weighted by Crippen LogP contribution is 2.12. The predicted molar refractivity (Wildman–Crippen MR) is 50.7 cm³/mol. The van der Waals surface area contributed by atoms with Gasteiger partial charge in [0.15, 0.2) is 0 Å². The van der Waals surface area contributed by atoms with Gasteiger partial charge in [-0.1, -0.05) is 0 Å². The number of carbonyl (C=O) groups is 1. The lowest BCUT2D eigenvalue weighted by Crippen LogP contribution is -2.45. The molecule has 0 saturated carbocycles. The third-order valence-electron chi connectivity index (χ3n) is 2.33. The van der Waals surface area contributed by atoms with E-state index in [0.717, 1.165) is 6.42 Å². The van der Waals surface area contributed by atoms with Gasteiger partial charge in [0.05, 0.1) is 12.6 Å². The molecule has 1 aliphatic heterocycles. The summed E-state index contributed by atoms with van der Waals surface area (Å²) < 4.78 is 35.4. The molecule has 1 heterocycles. The van der Waals surface area contributed by atoms with E-state index in [0.29, 0.717) is 19.5 Å². The Morgan fingerprint density at radius 3 is 2.75 bits per heavy atom. The molecule has 1 saturated heterocycles. The average Bonchev–Trinajstić information content (AvgIpc) is 2.14. The lowest BCUT2D eigenvalue weighted by Gasteiger charge is -2.29. The van der Waals surface area contributed by atoms with E-state index in [2.05, 4.69) is 0 Å². The second kappa shape index (κ2) is 5.49. The fourth-order valence-electron chi connectivity index (χ4n) is 1.63. The minimum Gasteiger partial charge on any atom is -0.392 e. The number of alkyl halides is 3. The zero-order chi connectivity index (χ0) is 12.2. The highest BCUT2D eigenvalue weighted by atomic mass is 19.4. The maximum atomic E-state index is 11.8. The maximum Gasteiger partial charge on any atom is 0.405 e. The molecule has 0 spiro atoms. The molecule has 0 aromatic heterocycles. The standard InChI is InChI=1S/C9H15F3N2O2/c10-9(11,12)6-13-8(16)5-14-3-1-2-7(15)4-14/h7,15H,1-6H2,(H,13,16)/t7-/m0/s1. The summed E-state index contributed by atoms with van der Waals surface area (Å²) in [4.78, 5) is 12.8. The van der Waals surface area contributed by atoms with Crippen LogP contribution in [0.3, 0.4) is 0 Å². The van der Waals surface area contributed by atoms with E-state index in [1.165, 1.54) is 0 Å². The third-order valence-corrected chi connectivity index (χ3v) is 2.33. The summed E-state index contributed by atoms with van der Waals surface area (Å²) >= 11 is 0. The minimum atomic E-state index is -4.38. The number of piperidine rings is 1. The Balaban J connectivity index is 2.23. The van der Waals surface area contributed by atoms with Crippen LogP contribution in [0.1, 0.15) is 12.8 Å². The zero-order valence-corrected chi connectivity index (χ0v) is 8.76. The van der Waals surface area contributed by atoms with Crippen LogP contribution in [0, 0.1) is 0 Å². The highest BCUT2D eigenvalue weighted by Gasteiger charge is 2.28. The molecule has 4 nitrogen and oxygen atoms in total. The first-order valence-corrected chi connectivity index (χ1v) is 5.11. The summed E-state index contributed by atoms with van der Waals surface area (Å²) in [5.41, 5.74) is 0. The Kier molecular flexibility index (Phi) is 4.55. The van der Waals surface area contributed by atoms with Crippen molar-refractivity contribution in [2.45, 2.75) is 25.1 Å². The van der Waals surface area contributed by atoms with E-state index in [4.69, 9.17) is 0 Å². The first kappa shape index (κ1) is 13.2. The van der Waals surface area contributed by atoms with Gasteiger partial charge in [0.25, 0.3) is 0 Å². The van der Waals surface area contributed by atoms with Crippen molar-refractivity contribution in [3.63, 3.8) is 0 Å². The van der Waals surface area contributed by atoms with Gasteiger partial charge in [-0.05, 0) is 19.4 Å². The summed E-state index contributed by atoms with van der Waals surface area (Å²) in [6.45, 7) is -0.411. The van der Waals surface area contributed by atoms with E-state index >= 15 is 0 Å². The van der Waals surface area contributed by atoms with Crippen LogP contribution < -0.4 is 5.32 Å². The summed E-state index contributed by atoms with van der Waals surface area (Å²) in [6, 6.07) is 0. The number of nitrogens with zero attached hydrogens (tertiary/aromatic N) is 1. The van der Waals surface area contributed by atoms with Crippen LogP contribution in [0.4, 0.5) is 13.2 Å². The monoisotopic (exact) mass is 240 g/mol. The van der Waals surface area contributed by atoms with Gasteiger partial charge in [-0.25, -0.2) is 0 Å².